The van der Waals surface area contributed by atoms with Crippen LogP contribution in [0.1, 0.15) is 25.8 Å². The lowest BCUT2D eigenvalue weighted by molar-refractivity contribution is -0.156. The molecule has 1 aromatic carbocycles. The number of β-lactam (4-membered cyclic amide) rings is 1. The van der Waals surface area contributed by atoms with Crippen molar-refractivity contribution >= 4 is 35.5 Å². The van der Waals surface area contributed by atoms with Crippen LogP contribution < -0.4 is 10.1 Å². The quantitative estimate of drug-likeness (QED) is 0.436. The summed E-state index contributed by atoms with van der Waals surface area (Å²) in [6, 6.07) is 6.54. The minimum atomic E-state index is -1.26. The third-order valence-electron chi connectivity index (χ3n) is 4.72. The molecule has 144 valence electrons. The van der Waals surface area contributed by atoms with E-state index in [2.05, 4.69) is 5.32 Å². The number of fused-ring (bicyclic) bond motifs is 1. The first-order valence-electron chi connectivity index (χ1n) is 8.44. The van der Waals surface area contributed by atoms with E-state index in [-0.39, 0.29) is 30.2 Å². The topological polar surface area (TPSA) is 113 Å². The van der Waals surface area contributed by atoms with Crippen LogP contribution in [0.2, 0.25) is 0 Å². The van der Waals surface area contributed by atoms with E-state index in [9.17, 15) is 24.3 Å². The van der Waals surface area contributed by atoms with Crippen LogP contribution in [0.4, 0.5) is 0 Å². The highest BCUT2D eigenvalue weighted by molar-refractivity contribution is 8.00. The molecule has 3 rings (SSSR count). The van der Waals surface area contributed by atoms with Gasteiger partial charge in [0, 0.05) is 13.5 Å². The fourth-order valence-corrected chi connectivity index (χ4v) is 4.64. The third kappa shape index (κ3) is 3.92. The Morgan fingerprint density at radius 1 is 1.33 bits per heavy atom. The average Bonchev–Trinajstić information content (AvgIpc) is 2.58. The van der Waals surface area contributed by atoms with E-state index in [0.29, 0.717) is 17.7 Å². The fraction of sp³-hybridized carbons (Fsp3) is 0.444. The predicted octanol–water partition coefficient (Wildman–Crippen LogP) is 0.993. The molecule has 3 atom stereocenters. The van der Waals surface area contributed by atoms with Gasteiger partial charge in [0.1, 0.15) is 11.2 Å². The average molecular weight is 392 g/mol. The Bertz CT molecular complexity index is 796. The van der Waals surface area contributed by atoms with Crippen molar-refractivity contribution in [2.75, 3.05) is 6.54 Å². The van der Waals surface area contributed by atoms with Crippen molar-refractivity contribution in [1.82, 2.24) is 10.2 Å². The Morgan fingerprint density at radius 3 is 2.56 bits per heavy atom. The van der Waals surface area contributed by atoms with Gasteiger partial charge < -0.3 is 20.1 Å². The van der Waals surface area contributed by atoms with Crippen molar-refractivity contribution in [3.63, 3.8) is 0 Å². The number of carbonyl (C=O) groups excluding carboxylic acids is 3. The van der Waals surface area contributed by atoms with Gasteiger partial charge in [0.25, 0.3) is 0 Å². The van der Waals surface area contributed by atoms with Crippen molar-refractivity contribution in [2.24, 2.45) is 5.41 Å². The second-order valence-corrected chi connectivity index (χ2v) is 8.19. The number of carboxylic acids is 1. The fourth-order valence-electron chi connectivity index (χ4n) is 3.08. The van der Waals surface area contributed by atoms with Crippen LogP contribution in [-0.2, 0) is 25.6 Å². The van der Waals surface area contributed by atoms with Crippen molar-refractivity contribution in [1.29, 1.82) is 0 Å². The van der Waals surface area contributed by atoms with E-state index in [1.165, 1.54) is 18.7 Å². The molecule has 2 heterocycles. The minimum absolute atomic E-state index is 0.0578. The van der Waals surface area contributed by atoms with E-state index in [1.807, 2.05) is 0 Å². The number of thioether (sulfide) groups is 1. The molecule has 2 amide bonds. The summed E-state index contributed by atoms with van der Waals surface area (Å²) >= 11 is 1.30. The van der Waals surface area contributed by atoms with E-state index in [4.69, 9.17) is 4.74 Å². The number of aliphatic carboxylic acids is 1. The first kappa shape index (κ1) is 19.2. The van der Waals surface area contributed by atoms with Crippen LogP contribution in [0.25, 0.3) is 0 Å². The maximum Gasteiger partial charge on any atom is 0.314 e. The number of esters is 1. The normalized spacial score (nSPS) is 26.6. The van der Waals surface area contributed by atoms with Gasteiger partial charge >= 0.3 is 11.9 Å². The Labute approximate surface area is 160 Å². The van der Waals surface area contributed by atoms with Crippen LogP contribution in [0.5, 0.6) is 5.75 Å². The van der Waals surface area contributed by atoms with Gasteiger partial charge in [0.2, 0.25) is 11.8 Å². The Hall–Kier alpha value is -2.55. The molecular formula is C18H20N2O6S. The van der Waals surface area contributed by atoms with Gasteiger partial charge in [-0.15, -0.1) is 11.8 Å². The molecule has 2 aliphatic rings. The summed E-state index contributed by atoms with van der Waals surface area (Å²) in [5, 5.41) is 11.7. The van der Waals surface area contributed by atoms with Gasteiger partial charge in [0.15, 0.2) is 0 Å². The molecule has 0 aromatic heterocycles. The smallest absolute Gasteiger partial charge is 0.314 e. The molecule has 27 heavy (non-hydrogen) atoms. The van der Waals surface area contributed by atoms with Gasteiger partial charge in [-0.1, -0.05) is 12.1 Å². The minimum Gasteiger partial charge on any atom is -0.481 e. The first-order chi connectivity index (χ1) is 12.7. The highest BCUT2D eigenvalue weighted by atomic mass is 32.2. The van der Waals surface area contributed by atoms with E-state index in [0.717, 1.165) is 0 Å². The molecule has 0 aliphatic carbocycles. The maximum atomic E-state index is 12.4. The van der Waals surface area contributed by atoms with Crippen LogP contribution >= 0.6 is 11.8 Å². The largest absolute Gasteiger partial charge is 0.481 e. The zero-order valence-corrected chi connectivity index (χ0v) is 15.7. The molecule has 0 spiro atoms. The number of rotatable bonds is 5. The lowest BCUT2D eigenvalue weighted by Crippen LogP contribution is -2.66. The molecule has 2 fully saturated rings. The summed E-state index contributed by atoms with van der Waals surface area (Å²) in [7, 11) is 0. The van der Waals surface area contributed by atoms with E-state index in [1.54, 1.807) is 36.1 Å². The number of nitrogens with zero attached hydrogens (tertiary/aromatic N) is 1. The van der Waals surface area contributed by atoms with E-state index >= 15 is 0 Å². The molecule has 2 N–H and O–H groups in total. The van der Waals surface area contributed by atoms with Crippen molar-refractivity contribution in [3.8, 4) is 5.75 Å². The molecular weight excluding hydrogens is 372 g/mol. The lowest BCUT2D eigenvalue weighted by atomic mass is 9.87. The first-order valence-corrected chi connectivity index (χ1v) is 9.38. The molecule has 1 aromatic rings. The number of carboxylic acid groups (broad SMARTS) is 1. The number of hydrogen-bond acceptors (Lipinski definition) is 6. The Balaban J connectivity index is 1.64. The van der Waals surface area contributed by atoms with Crippen molar-refractivity contribution < 1.29 is 29.0 Å². The molecule has 2 saturated heterocycles. The van der Waals surface area contributed by atoms with Gasteiger partial charge in [-0.2, -0.15) is 0 Å². The summed E-state index contributed by atoms with van der Waals surface area (Å²) in [4.78, 5) is 48.3. The molecule has 8 nitrogen and oxygen atoms in total. The SMILES string of the molecule is CC(=O)Oc1ccc(CC(=O)NC2S[C@@H]3CC(=O)N3CC2(C)C(=O)O)cc1. The Morgan fingerprint density at radius 2 is 2.00 bits per heavy atom. The highest BCUT2D eigenvalue weighted by Crippen LogP contribution is 2.45. The standard InChI is InChI=1S/C18H20N2O6S/c1-10(21)26-12-5-3-11(4-6-12)7-13(22)19-16-18(2,17(24)25)9-20-14(23)8-15(20)27-16/h3-6,15-16H,7-9H2,1-2H3,(H,19,22)(H,24,25)/t15-,16?,18?/m1/s1. The molecule has 2 unspecified atom stereocenters. The summed E-state index contributed by atoms with van der Waals surface area (Å²) in [5.74, 6) is -1.45. The van der Waals surface area contributed by atoms with Gasteiger partial charge in [0.05, 0.1) is 23.6 Å². The van der Waals surface area contributed by atoms with Crippen LogP contribution in [0.15, 0.2) is 24.3 Å². The van der Waals surface area contributed by atoms with Gasteiger partial charge in [-0.25, -0.2) is 0 Å². The number of hydrogen-bond donors (Lipinski definition) is 2. The zero-order valence-electron chi connectivity index (χ0n) is 14.9. The van der Waals surface area contributed by atoms with Crippen molar-refractivity contribution in [2.45, 2.75) is 37.4 Å². The molecule has 0 saturated carbocycles. The zero-order chi connectivity index (χ0) is 19.8. The second-order valence-electron chi connectivity index (χ2n) is 6.90. The molecule has 0 radical (unpaired) electrons. The highest BCUT2D eigenvalue weighted by Gasteiger charge is 2.55. The van der Waals surface area contributed by atoms with Crippen LogP contribution in [0, 0.1) is 5.41 Å². The summed E-state index contributed by atoms with van der Waals surface area (Å²) in [6.45, 7) is 2.93. The molecule has 2 aliphatic heterocycles. The number of nitrogens with one attached hydrogen (secondary N) is 1. The number of amides is 2. The summed E-state index contributed by atoms with van der Waals surface area (Å²) in [6.07, 6.45) is 0.435. The third-order valence-corrected chi connectivity index (χ3v) is 6.36. The monoisotopic (exact) mass is 392 g/mol. The lowest BCUT2D eigenvalue weighted by Gasteiger charge is -2.52. The van der Waals surface area contributed by atoms with Gasteiger partial charge in [-0.05, 0) is 24.6 Å². The van der Waals surface area contributed by atoms with Gasteiger partial charge in [-0.3, -0.25) is 19.2 Å². The Kier molecular flexibility index (Phi) is 5.14. The van der Waals surface area contributed by atoms with Crippen molar-refractivity contribution in [3.05, 3.63) is 29.8 Å². The number of ether oxygens (including phenoxy) is 1. The number of benzene rings is 1. The number of carbonyl (C=O) groups is 4. The predicted molar refractivity (Wildman–Crippen MR) is 96.8 cm³/mol. The summed E-state index contributed by atoms with van der Waals surface area (Å²) in [5.41, 5.74) is -0.548. The second kappa shape index (κ2) is 7.22. The summed E-state index contributed by atoms with van der Waals surface area (Å²) < 4.78 is 4.95. The van der Waals surface area contributed by atoms with Crippen LogP contribution in [-0.4, -0.2) is 51.1 Å². The van der Waals surface area contributed by atoms with Crippen LogP contribution in [0.3, 0.4) is 0 Å². The molecule has 0 bridgehead atoms. The maximum absolute atomic E-state index is 12.4. The van der Waals surface area contributed by atoms with E-state index < -0.39 is 22.7 Å². The molecule has 9 heteroatoms.